The zero-order chi connectivity index (χ0) is 19.8. The molecule has 0 unspecified atom stereocenters. The van der Waals surface area contributed by atoms with Crippen molar-refractivity contribution in [2.24, 2.45) is 0 Å². The van der Waals surface area contributed by atoms with Crippen molar-refractivity contribution in [2.75, 3.05) is 30.4 Å². The first kappa shape index (κ1) is 20.4. The number of esters is 1. The fourth-order valence-corrected chi connectivity index (χ4v) is 2.75. The van der Waals surface area contributed by atoms with Crippen LogP contribution in [-0.4, -0.2) is 42.0 Å². The van der Waals surface area contributed by atoms with Crippen molar-refractivity contribution in [2.45, 2.75) is 33.6 Å². The number of hydrogen-bond donors (Lipinski definition) is 1. The number of anilines is 2. The molecule has 0 spiro atoms. The Balaban J connectivity index is 2.25. The lowest BCUT2D eigenvalue weighted by Gasteiger charge is -2.23. The standard InChI is InChI=1S/C20H26N4O3/c1-5-10-24(11-6-2)18-13-17(21-14(3)22-18)19(25)23-16-9-7-8-15(12-16)20(26)27-4/h7-9,12-13H,5-6,10-11H2,1-4H3,(H,23,25). The van der Waals surface area contributed by atoms with Gasteiger partial charge in [0, 0.05) is 24.8 Å². The summed E-state index contributed by atoms with van der Waals surface area (Å²) in [5.41, 5.74) is 1.16. The zero-order valence-corrected chi connectivity index (χ0v) is 16.3. The van der Waals surface area contributed by atoms with Crippen molar-refractivity contribution in [1.29, 1.82) is 0 Å². The van der Waals surface area contributed by atoms with Gasteiger partial charge in [-0.15, -0.1) is 0 Å². The average molecular weight is 370 g/mol. The number of aromatic nitrogens is 2. The largest absolute Gasteiger partial charge is 0.465 e. The quantitative estimate of drug-likeness (QED) is 0.717. The van der Waals surface area contributed by atoms with Crippen molar-refractivity contribution in [3.8, 4) is 0 Å². The molecule has 1 heterocycles. The van der Waals surface area contributed by atoms with E-state index in [-0.39, 0.29) is 11.6 Å². The number of ether oxygens (including phenoxy) is 1. The van der Waals surface area contributed by atoms with Gasteiger partial charge >= 0.3 is 5.97 Å². The number of amides is 1. The molecule has 0 aliphatic carbocycles. The number of aryl methyl sites for hydroxylation is 1. The molecule has 0 fully saturated rings. The highest BCUT2D eigenvalue weighted by molar-refractivity contribution is 6.04. The highest BCUT2D eigenvalue weighted by Gasteiger charge is 2.15. The molecule has 0 atom stereocenters. The third-order valence-electron chi connectivity index (χ3n) is 3.91. The third kappa shape index (κ3) is 5.51. The number of carbonyl (C=O) groups excluding carboxylic acids is 2. The molecule has 1 aromatic heterocycles. The van der Waals surface area contributed by atoms with Gasteiger partial charge in [-0.3, -0.25) is 4.79 Å². The Bertz CT molecular complexity index is 802. The average Bonchev–Trinajstić information content (AvgIpc) is 2.66. The van der Waals surface area contributed by atoms with Crippen LogP contribution in [0.1, 0.15) is 53.4 Å². The monoisotopic (exact) mass is 370 g/mol. The predicted octanol–water partition coefficient (Wildman–Crippen LogP) is 3.45. The van der Waals surface area contributed by atoms with Crippen LogP contribution in [0.5, 0.6) is 0 Å². The second-order valence-electron chi connectivity index (χ2n) is 6.17. The summed E-state index contributed by atoms with van der Waals surface area (Å²) in [6, 6.07) is 8.29. The van der Waals surface area contributed by atoms with Crippen LogP contribution in [0.3, 0.4) is 0 Å². The van der Waals surface area contributed by atoms with E-state index in [1.165, 1.54) is 7.11 Å². The van der Waals surface area contributed by atoms with Crippen LogP contribution in [-0.2, 0) is 4.74 Å². The van der Waals surface area contributed by atoms with Crippen molar-refractivity contribution in [3.05, 3.63) is 47.4 Å². The summed E-state index contributed by atoms with van der Waals surface area (Å²) in [5.74, 6) is 0.482. The minimum absolute atomic E-state index is 0.290. The summed E-state index contributed by atoms with van der Waals surface area (Å²) in [6.45, 7) is 7.73. The molecule has 2 aromatic rings. The van der Waals surface area contributed by atoms with E-state index in [1.54, 1.807) is 37.3 Å². The van der Waals surface area contributed by atoms with Gasteiger partial charge in [0.15, 0.2) is 0 Å². The van der Waals surface area contributed by atoms with Crippen molar-refractivity contribution in [1.82, 2.24) is 9.97 Å². The van der Waals surface area contributed by atoms with Crippen LogP contribution in [0.15, 0.2) is 30.3 Å². The van der Waals surface area contributed by atoms with E-state index in [1.807, 2.05) is 0 Å². The second kappa shape index (κ2) is 9.66. The summed E-state index contributed by atoms with van der Waals surface area (Å²) in [4.78, 5) is 35.2. The molecule has 0 aliphatic rings. The lowest BCUT2D eigenvalue weighted by atomic mass is 10.2. The van der Waals surface area contributed by atoms with E-state index in [9.17, 15) is 9.59 Å². The molecule has 1 N–H and O–H groups in total. The fourth-order valence-electron chi connectivity index (χ4n) is 2.75. The lowest BCUT2D eigenvalue weighted by Crippen LogP contribution is -2.27. The van der Waals surface area contributed by atoms with Crippen LogP contribution in [0.4, 0.5) is 11.5 Å². The Morgan fingerprint density at radius 3 is 2.44 bits per heavy atom. The fraction of sp³-hybridized carbons (Fsp3) is 0.400. The smallest absolute Gasteiger partial charge is 0.337 e. The first-order valence-corrected chi connectivity index (χ1v) is 9.08. The molecule has 0 aliphatic heterocycles. The number of carbonyl (C=O) groups is 2. The minimum atomic E-state index is -0.457. The zero-order valence-electron chi connectivity index (χ0n) is 16.3. The Morgan fingerprint density at radius 2 is 1.81 bits per heavy atom. The van der Waals surface area contributed by atoms with Gasteiger partial charge in [0.2, 0.25) is 0 Å². The van der Waals surface area contributed by atoms with Crippen LogP contribution in [0.2, 0.25) is 0 Å². The van der Waals surface area contributed by atoms with E-state index >= 15 is 0 Å². The summed E-state index contributed by atoms with van der Waals surface area (Å²) in [7, 11) is 1.32. The maximum Gasteiger partial charge on any atom is 0.337 e. The Labute approximate surface area is 159 Å². The van der Waals surface area contributed by atoms with E-state index in [0.717, 1.165) is 31.7 Å². The maximum absolute atomic E-state index is 12.7. The molecular formula is C20H26N4O3. The summed E-state index contributed by atoms with van der Waals surface area (Å²) in [5, 5.41) is 2.78. The van der Waals surface area contributed by atoms with E-state index < -0.39 is 5.97 Å². The van der Waals surface area contributed by atoms with Gasteiger partial charge in [-0.05, 0) is 38.0 Å². The molecule has 144 valence electrons. The third-order valence-corrected chi connectivity index (χ3v) is 3.91. The Hall–Kier alpha value is -2.96. The van der Waals surface area contributed by atoms with E-state index in [4.69, 9.17) is 4.74 Å². The minimum Gasteiger partial charge on any atom is -0.465 e. The molecule has 27 heavy (non-hydrogen) atoms. The van der Waals surface area contributed by atoms with Crippen LogP contribution in [0, 0.1) is 6.92 Å². The van der Waals surface area contributed by atoms with Crippen molar-refractivity contribution >= 4 is 23.4 Å². The van der Waals surface area contributed by atoms with Gasteiger partial charge in [0.1, 0.15) is 17.3 Å². The molecule has 0 radical (unpaired) electrons. The predicted molar refractivity (Wildman–Crippen MR) is 105 cm³/mol. The molecule has 0 saturated carbocycles. The molecule has 0 bridgehead atoms. The SMILES string of the molecule is CCCN(CCC)c1cc(C(=O)Nc2cccc(C(=O)OC)c2)nc(C)n1. The van der Waals surface area contributed by atoms with E-state index in [2.05, 4.69) is 34.0 Å². The van der Waals surface area contributed by atoms with Gasteiger partial charge in [0.05, 0.1) is 12.7 Å². The number of nitrogens with zero attached hydrogens (tertiary/aromatic N) is 3. The molecular weight excluding hydrogens is 344 g/mol. The number of nitrogens with one attached hydrogen (secondary N) is 1. The molecule has 7 nitrogen and oxygen atoms in total. The van der Waals surface area contributed by atoms with Gasteiger partial charge in [-0.1, -0.05) is 19.9 Å². The number of rotatable bonds is 8. The van der Waals surface area contributed by atoms with Gasteiger partial charge in [0.25, 0.3) is 5.91 Å². The maximum atomic E-state index is 12.7. The Morgan fingerprint density at radius 1 is 1.11 bits per heavy atom. The van der Waals surface area contributed by atoms with Gasteiger partial charge < -0.3 is 15.0 Å². The normalized spacial score (nSPS) is 10.4. The molecule has 1 amide bonds. The summed E-state index contributed by atoms with van der Waals surface area (Å²) < 4.78 is 4.71. The van der Waals surface area contributed by atoms with Gasteiger partial charge in [-0.2, -0.15) is 0 Å². The highest BCUT2D eigenvalue weighted by atomic mass is 16.5. The van der Waals surface area contributed by atoms with Gasteiger partial charge in [-0.25, -0.2) is 14.8 Å². The first-order chi connectivity index (χ1) is 13.0. The first-order valence-electron chi connectivity index (χ1n) is 9.08. The highest BCUT2D eigenvalue weighted by Crippen LogP contribution is 2.17. The molecule has 7 heteroatoms. The molecule has 0 saturated heterocycles. The number of benzene rings is 1. The summed E-state index contributed by atoms with van der Waals surface area (Å²) in [6.07, 6.45) is 1.98. The topological polar surface area (TPSA) is 84.4 Å². The second-order valence-corrected chi connectivity index (χ2v) is 6.17. The number of hydrogen-bond acceptors (Lipinski definition) is 6. The van der Waals surface area contributed by atoms with E-state index in [0.29, 0.717) is 17.1 Å². The van der Waals surface area contributed by atoms with Crippen molar-refractivity contribution in [3.63, 3.8) is 0 Å². The Kier molecular flexibility index (Phi) is 7.28. The van der Waals surface area contributed by atoms with Crippen LogP contribution < -0.4 is 10.2 Å². The molecule has 1 aromatic carbocycles. The van der Waals surface area contributed by atoms with Crippen LogP contribution in [0.25, 0.3) is 0 Å². The van der Waals surface area contributed by atoms with Crippen LogP contribution >= 0.6 is 0 Å². The van der Waals surface area contributed by atoms with Crippen molar-refractivity contribution < 1.29 is 14.3 Å². The lowest BCUT2D eigenvalue weighted by molar-refractivity contribution is 0.0600. The molecule has 2 rings (SSSR count). The summed E-state index contributed by atoms with van der Waals surface area (Å²) >= 11 is 0. The number of methoxy groups -OCH3 is 1.